The van der Waals surface area contributed by atoms with E-state index in [0.717, 1.165) is 62.2 Å². The second-order valence-corrected chi connectivity index (χ2v) is 8.41. The van der Waals surface area contributed by atoms with Crippen molar-refractivity contribution in [2.24, 2.45) is 4.99 Å². The first-order valence-electron chi connectivity index (χ1n) is 10.6. The highest BCUT2D eigenvalue weighted by molar-refractivity contribution is 8.00. The van der Waals surface area contributed by atoms with Gasteiger partial charge in [-0.1, -0.05) is 6.07 Å². The lowest BCUT2D eigenvalue weighted by atomic mass is 9.99. The predicted molar refractivity (Wildman–Crippen MR) is 123 cm³/mol. The van der Waals surface area contributed by atoms with Crippen molar-refractivity contribution in [3.8, 4) is 11.5 Å². The molecule has 1 atom stereocenters. The highest BCUT2D eigenvalue weighted by Crippen LogP contribution is 2.34. The summed E-state index contributed by atoms with van der Waals surface area (Å²) in [7, 11) is 0. The molecule has 0 spiro atoms. The number of ether oxygens (including phenoxy) is 3. The largest absolute Gasteiger partial charge is 0.490 e. The molecule has 0 aliphatic carbocycles. The third kappa shape index (κ3) is 7.00. The van der Waals surface area contributed by atoms with Crippen LogP contribution >= 0.6 is 11.8 Å². The zero-order valence-electron chi connectivity index (χ0n) is 18.5. The van der Waals surface area contributed by atoms with Crippen LogP contribution in [0.4, 0.5) is 0 Å². The Hall–Kier alpha value is -1.60. The molecule has 1 aromatic rings. The molecule has 0 bridgehead atoms. The third-order valence-electron chi connectivity index (χ3n) is 5.13. The van der Waals surface area contributed by atoms with Gasteiger partial charge in [0.25, 0.3) is 0 Å². The number of hydrogen-bond donors (Lipinski definition) is 2. The second-order valence-electron chi connectivity index (χ2n) is 7.13. The summed E-state index contributed by atoms with van der Waals surface area (Å²) in [6.07, 6.45) is 4.27. The molecule has 1 fully saturated rings. The van der Waals surface area contributed by atoms with Crippen LogP contribution in [0, 0.1) is 0 Å². The normalized spacial score (nSPS) is 17.5. The second kappa shape index (κ2) is 12.2. The molecule has 0 radical (unpaired) electrons. The van der Waals surface area contributed by atoms with Gasteiger partial charge in [0, 0.05) is 24.5 Å². The van der Waals surface area contributed by atoms with Crippen LogP contribution in [0.5, 0.6) is 11.5 Å². The third-order valence-corrected chi connectivity index (χ3v) is 6.53. The maximum absolute atomic E-state index is 5.77. The monoisotopic (exact) mass is 423 g/mol. The average molecular weight is 424 g/mol. The van der Waals surface area contributed by atoms with Crippen LogP contribution in [0.3, 0.4) is 0 Å². The summed E-state index contributed by atoms with van der Waals surface area (Å²) in [5, 5.41) is 6.92. The quantitative estimate of drug-likeness (QED) is 0.438. The molecule has 29 heavy (non-hydrogen) atoms. The zero-order chi connectivity index (χ0) is 21.1. The summed E-state index contributed by atoms with van der Waals surface area (Å²) in [6, 6.07) is 6.20. The minimum atomic E-state index is 0.0857. The molecule has 0 saturated carbocycles. The standard InChI is InChI=1S/C22H37N3O3S/c1-6-23-21(24-16-22(29-5)11-13-26-14-12-22)25-17(4)18-9-10-19(27-7-2)20(15-18)28-8-3/h9-10,15,17H,6-8,11-14,16H2,1-5H3,(H2,23,24,25). The molecule has 2 N–H and O–H groups in total. The van der Waals surface area contributed by atoms with Crippen LogP contribution < -0.4 is 20.1 Å². The topological polar surface area (TPSA) is 64.1 Å². The number of rotatable bonds is 10. The molecule has 1 saturated heterocycles. The van der Waals surface area contributed by atoms with Gasteiger partial charge in [0.15, 0.2) is 17.5 Å². The fourth-order valence-corrected chi connectivity index (χ4v) is 4.11. The molecule has 0 aromatic heterocycles. The average Bonchev–Trinajstić information content (AvgIpc) is 2.74. The van der Waals surface area contributed by atoms with E-state index in [4.69, 9.17) is 19.2 Å². The lowest BCUT2D eigenvalue weighted by molar-refractivity contribution is 0.0794. The lowest BCUT2D eigenvalue weighted by Gasteiger charge is -2.34. The first kappa shape index (κ1) is 23.7. The Balaban J connectivity index is 2.11. The summed E-state index contributed by atoms with van der Waals surface area (Å²) in [4.78, 5) is 4.91. The van der Waals surface area contributed by atoms with Gasteiger partial charge in [0.05, 0.1) is 25.8 Å². The predicted octanol–water partition coefficient (Wildman–Crippen LogP) is 4.01. The van der Waals surface area contributed by atoms with E-state index in [1.54, 1.807) is 0 Å². The maximum atomic E-state index is 5.77. The highest BCUT2D eigenvalue weighted by Gasteiger charge is 2.31. The summed E-state index contributed by atoms with van der Waals surface area (Å²) in [5.41, 5.74) is 1.13. The van der Waals surface area contributed by atoms with Crippen molar-refractivity contribution in [3.05, 3.63) is 23.8 Å². The van der Waals surface area contributed by atoms with Crippen molar-refractivity contribution >= 4 is 17.7 Å². The molecule has 6 nitrogen and oxygen atoms in total. The number of aliphatic imine (C=N–C) groups is 1. The smallest absolute Gasteiger partial charge is 0.191 e. The van der Waals surface area contributed by atoms with Gasteiger partial charge in [-0.2, -0.15) is 11.8 Å². The highest BCUT2D eigenvalue weighted by atomic mass is 32.2. The Labute approximate surface area is 180 Å². The van der Waals surface area contributed by atoms with Gasteiger partial charge in [0.2, 0.25) is 0 Å². The fraction of sp³-hybridized carbons (Fsp3) is 0.682. The van der Waals surface area contributed by atoms with Gasteiger partial charge >= 0.3 is 0 Å². The van der Waals surface area contributed by atoms with Gasteiger partial charge in [-0.15, -0.1) is 0 Å². The van der Waals surface area contributed by atoms with E-state index < -0.39 is 0 Å². The molecule has 1 aromatic carbocycles. The molecule has 2 rings (SSSR count). The van der Waals surface area contributed by atoms with E-state index in [1.165, 1.54) is 0 Å². The minimum Gasteiger partial charge on any atom is -0.490 e. The van der Waals surface area contributed by atoms with E-state index in [9.17, 15) is 0 Å². The molecular formula is C22H37N3O3S. The molecule has 1 aliphatic rings. The van der Waals surface area contributed by atoms with Crippen LogP contribution in [0.15, 0.2) is 23.2 Å². The Morgan fingerprint density at radius 3 is 2.48 bits per heavy atom. The molecule has 164 valence electrons. The summed E-state index contributed by atoms with van der Waals surface area (Å²) in [5.74, 6) is 2.41. The molecule has 0 amide bonds. The van der Waals surface area contributed by atoms with Gasteiger partial charge < -0.3 is 24.8 Å². The van der Waals surface area contributed by atoms with Crippen LogP contribution in [-0.2, 0) is 4.74 Å². The SMILES string of the molecule is CCNC(=NCC1(SC)CCOCC1)NC(C)c1ccc(OCC)c(OCC)c1. The van der Waals surface area contributed by atoms with Crippen molar-refractivity contribution in [3.63, 3.8) is 0 Å². The Kier molecular flexibility index (Phi) is 9.94. The Morgan fingerprint density at radius 2 is 1.86 bits per heavy atom. The van der Waals surface area contributed by atoms with Crippen molar-refractivity contribution in [1.82, 2.24) is 10.6 Å². The van der Waals surface area contributed by atoms with E-state index >= 15 is 0 Å². The van der Waals surface area contributed by atoms with E-state index in [0.29, 0.717) is 13.2 Å². The van der Waals surface area contributed by atoms with Crippen LogP contribution in [-0.4, -0.2) is 56.5 Å². The zero-order valence-corrected chi connectivity index (χ0v) is 19.4. The van der Waals surface area contributed by atoms with E-state index in [2.05, 4.69) is 42.9 Å². The molecule has 1 heterocycles. The number of benzene rings is 1. The van der Waals surface area contributed by atoms with Crippen LogP contribution in [0.2, 0.25) is 0 Å². The number of nitrogens with one attached hydrogen (secondary N) is 2. The van der Waals surface area contributed by atoms with Crippen molar-refractivity contribution in [2.75, 3.05) is 45.8 Å². The fourth-order valence-electron chi connectivity index (χ4n) is 3.34. The van der Waals surface area contributed by atoms with Crippen LogP contribution in [0.25, 0.3) is 0 Å². The Morgan fingerprint density at radius 1 is 1.17 bits per heavy atom. The maximum Gasteiger partial charge on any atom is 0.191 e. The van der Waals surface area contributed by atoms with E-state index in [-0.39, 0.29) is 10.8 Å². The van der Waals surface area contributed by atoms with Gasteiger partial charge in [-0.25, -0.2) is 0 Å². The number of nitrogens with zero attached hydrogens (tertiary/aromatic N) is 1. The summed E-state index contributed by atoms with van der Waals surface area (Å²) >= 11 is 1.91. The van der Waals surface area contributed by atoms with Gasteiger partial charge in [0.1, 0.15) is 0 Å². The Bertz CT molecular complexity index is 648. The number of thioether (sulfide) groups is 1. The minimum absolute atomic E-state index is 0.0857. The molecule has 1 aliphatic heterocycles. The first-order chi connectivity index (χ1) is 14.1. The number of hydrogen-bond acceptors (Lipinski definition) is 5. The number of guanidine groups is 1. The van der Waals surface area contributed by atoms with Crippen LogP contribution in [0.1, 0.15) is 52.1 Å². The summed E-state index contributed by atoms with van der Waals surface area (Å²) < 4.78 is 17.2. The van der Waals surface area contributed by atoms with Gasteiger partial charge in [-0.05, 0) is 64.5 Å². The molecular weight excluding hydrogens is 386 g/mol. The first-order valence-corrected chi connectivity index (χ1v) is 11.9. The molecule has 1 unspecified atom stereocenters. The van der Waals surface area contributed by atoms with Crippen molar-refractivity contribution in [1.29, 1.82) is 0 Å². The van der Waals surface area contributed by atoms with Crippen molar-refractivity contribution < 1.29 is 14.2 Å². The lowest BCUT2D eigenvalue weighted by Crippen LogP contribution is -2.41. The van der Waals surface area contributed by atoms with Crippen molar-refractivity contribution in [2.45, 2.75) is 51.3 Å². The molecule has 7 heteroatoms. The van der Waals surface area contributed by atoms with Gasteiger partial charge in [-0.3, -0.25) is 4.99 Å². The summed E-state index contributed by atoms with van der Waals surface area (Å²) in [6.45, 7) is 12.7. The van der Waals surface area contributed by atoms with E-state index in [1.807, 2.05) is 31.7 Å².